The molecule has 0 aliphatic heterocycles. The van der Waals surface area contributed by atoms with Crippen LogP contribution in [0.1, 0.15) is 29.7 Å². The number of nitrogens with one attached hydrogen (secondary N) is 1. The first kappa shape index (κ1) is 16.0. The number of benzene rings is 2. The van der Waals surface area contributed by atoms with Gasteiger partial charge < -0.3 is 10.1 Å². The molecule has 2 aromatic carbocycles. The molecule has 112 valence electrons. The topological polar surface area (TPSA) is 21.3 Å². The zero-order chi connectivity index (χ0) is 15.4. The molecule has 0 saturated heterocycles. The third-order valence-corrected chi connectivity index (χ3v) is 3.91. The Hall–Kier alpha value is -1.39. The van der Waals surface area contributed by atoms with Crippen molar-refractivity contribution < 1.29 is 9.13 Å². The van der Waals surface area contributed by atoms with Crippen molar-refractivity contribution in [2.75, 3.05) is 13.7 Å². The summed E-state index contributed by atoms with van der Waals surface area (Å²) in [6.07, 6.45) is 0. The van der Waals surface area contributed by atoms with Gasteiger partial charge in [0.05, 0.1) is 12.6 Å². The summed E-state index contributed by atoms with van der Waals surface area (Å²) in [7, 11) is 1.89. The fourth-order valence-electron chi connectivity index (χ4n) is 2.47. The zero-order valence-corrected chi connectivity index (χ0v) is 14.0. The second-order valence-corrected chi connectivity index (χ2v) is 5.75. The molecule has 1 N–H and O–H groups in total. The fraction of sp³-hybridized carbons (Fsp3) is 0.294. The largest absolute Gasteiger partial charge is 0.494 e. The van der Waals surface area contributed by atoms with Gasteiger partial charge in [-0.15, -0.1) is 0 Å². The average molecular weight is 352 g/mol. The lowest BCUT2D eigenvalue weighted by Gasteiger charge is -2.22. The van der Waals surface area contributed by atoms with Crippen molar-refractivity contribution in [1.29, 1.82) is 0 Å². The van der Waals surface area contributed by atoms with Crippen LogP contribution >= 0.6 is 15.9 Å². The summed E-state index contributed by atoms with van der Waals surface area (Å²) < 4.78 is 20.0. The molecule has 0 heterocycles. The van der Waals surface area contributed by atoms with E-state index in [0.717, 1.165) is 26.9 Å². The van der Waals surface area contributed by atoms with E-state index < -0.39 is 0 Å². The van der Waals surface area contributed by atoms with E-state index in [1.165, 1.54) is 6.07 Å². The molecule has 1 atom stereocenters. The normalized spacial score (nSPS) is 12.2. The minimum Gasteiger partial charge on any atom is -0.494 e. The smallest absolute Gasteiger partial charge is 0.124 e. The van der Waals surface area contributed by atoms with Crippen molar-refractivity contribution in [2.45, 2.75) is 19.9 Å². The summed E-state index contributed by atoms with van der Waals surface area (Å²) in [6, 6.07) is 10.8. The molecular weight excluding hydrogens is 333 g/mol. The van der Waals surface area contributed by atoms with Gasteiger partial charge >= 0.3 is 0 Å². The minimum absolute atomic E-state index is 0.0513. The van der Waals surface area contributed by atoms with Gasteiger partial charge in [-0.25, -0.2) is 4.39 Å². The second-order valence-electron chi connectivity index (χ2n) is 4.84. The first-order chi connectivity index (χ1) is 10.1. The van der Waals surface area contributed by atoms with E-state index in [-0.39, 0.29) is 11.9 Å². The summed E-state index contributed by atoms with van der Waals surface area (Å²) in [5.41, 5.74) is 2.98. The number of halogens is 2. The van der Waals surface area contributed by atoms with Gasteiger partial charge in [0.15, 0.2) is 0 Å². The Balaban J connectivity index is 2.52. The van der Waals surface area contributed by atoms with Crippen LogP contribution in [-0.2, 0) is 0 Å². The van der Waals surface area contributed by atoms with Crippen LogP contribution in [0.2, 0.25) is 0 Å². The average Bonchev–Trinajstić information content (AvgIpc) is 2.45. The summed E-state index contributed by atoms with van der Waals surface area (Å²) in [5.74, 6) is 0.620. The Bertz CT molecular complexity index is 630. The Morgan fingerprint density at radius 1 is 1.19 bits per heavy atom. The lowest BCUT2D eigenvalue weighted by molar-refractivity contribution is 0.334. The third kappa shape index (κ3) is 3.63. The highest BCUT2D eigenvalue weighted by Crippen LogP contribution is 2.33. The molecule has 0 radical (unpaired) electrons. The highest BCUT2D eigenvalue weighted by atomic mass is 79.9. The maximum Gasteiger partial charge on any atom is 0.124 e. The molecule has 0 aromatic heterocycles. The maximum absolute atomic E-state index is 13.3. The standard InChI is InChI=1S/C17H19BrFNO/c1-4-21-16-8-5-12(18)10-15(16)17(20-3)14-7-6-13(19)9-11(14)2/h5-10,17,20H,4H2,1-3H3. The zero-order valence-electron chi connectivity index (χ0n) is 12.4. The summed E-state index contributed by atoms with van der Waals surface area (Å²) in [6.45, 7) is 4.48. The van der Waals surface area contributed by atoms with Gasteiger partial charge in [0, 0.05) is 10.0 Å². The number of hydrogen-bond donors (Lipinski definition) is 1. The van der Waals surface area contributed by atoms with Crippen molar-refractivity contribution in [3.05, 3.63) is 63.4 Å². The number of ether oxygens (including phenoxy) is 1. The van der Waals surface area contributed by atoms with Crippen molar-refractivity contribution in [2.24, 2.45) is 0 Å². The summed E-state index contributed by atoms with van der Waals surface area (Å²) in [4.78, 5) is 0. The molecule has 21 heavy (non-hydrogen) atoms. The van der Waals surface area contributed by atoms with Crippen LogP contribution in [-0.4, -0.2) is 13.7 Å². The van der Waals surface area contributed by atoms with Crippen LogP contribution in [0.3, 0.4) is 0 Å². The van der Waals surface area contributed by atoms with E-state index in [1.54, 1.807) is 6.07 Å². The van der Waals surface area contributed by atoms with Gasteiger partial charge in [-0.3, -0.25) is 0 Å². The fourth-order valence-corrected chi connectivity index (χ4v) is 2.85. The Kier molecular flexibility index (Phi) is 5.37. The van der Waals surface area contributed by atoms with Crippen molar-refractivity contribution in [3.63, 3.8) is 0 Å². The monoisotopic (exact) mass is 351 g/mol. The Morgan fingerprint density at radius 2 is 1.95 bits per heavy atom. The molecule has 0 aliphatic rings. The van der Waals surface area contributed by atoms with Crippen LogP contribution in [0, 0.1) is 12.7 Å². The Labute approximate surface area is 133 Å². The highest BCUT2D eigenvalue weighted by molar-refractivity contribution is 9.10. The molecule has 0 spiro atoms. The predicted octanol–water partition coefficient (Wildman–Crippen LogP) is 4.60. The molecular formula is C17H19BrFNO. The molecule has 2 rings (SSSR count). The molecule has 0 aliphatic carbocycles. The number of hydrogen-bond acceptors (Lipinski definition) is 2. The van der Waals surface area contributed by atoms with Crippen LogP contribution in [0.5, 0.6) is 5.75 Å². The molecule has 0 fully saturated rings. The van der Waals surface area contributed by atoms with E-state index in [9.17, 15) is 4.39 Å². The first-order valence-corrected chi connectivity index (χ1v) is 7.71. The molecule has 0 bridgehead atoms. The first-order valence-electron chi connectivity index (χ1n) is 6.92. The van der Waals surface area contributed by atoms with Gasteiger partial charge in [-0.1, -0.05) is 22.0 Å². The summed E-state index contributed by atoms with van der Waals surface area (Å²) >= 11 is 3.50. The van der Waals surface area contributed by atoms with Crippen LogP contribution in [0.4, 0.5) is 4.39 Å². The van der Waals surface area contributed by atoms with E-state index in [2.05, 4.69) is 21.2 Å². The van der Waals surface area contributed by atoms with Gasteiger partial charge in [-0.2, -0.15) is 0 Å². The molecule has 4 heteroatoms. The lowest BCUT2D eigenvalue weighted by Crippen LogP contribution is -2.20. The lowest BCUT2D eigenvalue weighted by atomic mass is 9.94. The van der Waals surface area contributed by atoms with Crippen molar-refractivity contribution >= 4 is 15.9 Å². The SMILES string of the molecule is CCOc1ccc(Br)cc1C(NC)c1ccc(F)cc1C. The van der Waals surface area contributed by atoms with E-state index in [1.807, 2.05) is 45.2 Å². The predicted molar refractivity (Wildman–Crippen MR) is 87.4 cm³/mol. The third-order valence-electron chi connectivity index (χ3n) is 3.41. The molecule has 0 saturated carbocycles. The number of rotatable bonds is 5. The van der Waals surface area contributed by atoms with Crippen LogP contribution in [0.15, 0.2) is 40.9 Å². The molecule has 0 amide bonds. The molecule has 2 nitrogen and oxygen atoms in total. The van der Waals surface area contributed by atoms with E-state index >= 15 is 0 Å². The van der Waals surface area contributed by atoms with E-state index in [0.29, 0.717) is 6.61 Å². The quantitative estimate of drug-likeness (QED) is 0.849. The molecule has 2 aromatic rings. The molecule has 1 unspecified atom stereocenters. The maximum atomic E-state index is 13.3. The minimum atomic E-state index is -0.217. The number of aryl methyl sites for hydroxylation is 1. The van der Waals surface area contributed by atoms with Crippen molar-refractivity contribution in [3.8, 4) is 5.75 Å². The van der Waals surface area contributed by atoms with Crippen LogP contribution < -0.4 is 10.1 Å². The van der Waals surface area contributed by atoms with Crippen molar-refractivity contribution in [1.82, 2.24) is 5.32 Å². The van der Waals surface area contributed by atoms with Gasteiger partial charge in [0.1, 0.15) is 11.6 Å². The van der Waals surface area contributed by atoms with E-state index in [4.69, 9.17) is 4.74 Å². The highest BCUT2D eigenvalue weighted by Gasteiger charge is 2.19. The van der Waals surface area contributed by atoms with Gasteiger partial charge in [0.2, 0.25) is 0 Å². The second kappa shape index (κ2) is 7.05. The van der Waals surface area contributed by atoms with Gasteiger partial charge in [0.25, 0.3) is 0 Å². The Morgan fingerprint density at radius 3 is 2.57 bits per heavy atom. The van der Waals surface area contributed by atoms with Crippen LogP contribution in [0.25, 0.3) is 0 Å². The summed E-state index contributed by atoms with van der Waals surface area (Å²) in [5, 5.41) is 3.30. The van der Waals surface area contributed by atoms with Gasteiger partial charge in [-0.05, 0) is 62.4 Å².